The molecule has 178 valence electrons. The first-order valence-corrected chi connectivity index (χ1v) is 11.4. The molecule has 0 unspecified atom stereocenters. The van der Waals surface area contributed by atoms with Crippen LogP contribution in [0.5, 0.6) is 0 Å². The van der Waals surface area contributed by atoms with E-state index in [-0.39, 0.29) is 28.6 Å². The van der Waals surface area contributed by atoms with Crippen LogP contribution in [0.3, 0.4) is 0 Å². The van der Waals surface area contributed by atoms with Crippen LogP contribution in [0, 0.1) is 0 Å². The number of rotatable bonds is 4. The number of nitrogens with zero attached hydrogens (tertiary/aromatic N) is 4. The van der Waals surface area contributed by atoms with Crippen molar-refractivity contribution in [1.29, 1.82) is 0 Å². The van der Waals surface area contributed by atoms with Gasteiger partial charge in [-0.1, -0.05) is 48.5 Å². The lowest BCUT2D eigenvalue weighted by atomic mass is 10.0. The maximum Gasteiger partial charge on any atom is 0.341 e. The van der Waals surface area contributed by atoms with Crippen LogP contribution in [0.1, 0.15) is 27.6 Å². The van der Waals surface area contributed by atoms with Crippen LogP contribution in [-0.2, 0) is 11.8 Å². The van der Waals surface area contributed by atoms with Gasteiger partial charge in [0, 0.05) is 18.8 Å². The smallest absolute Gasteiger partial charge is 0.341 e. The van der Waals surface area contributed by atoms with E-state index in [0.29, 0.717) is 16.9 Å². The van der Waals surface area contributed by atoms with E-state index in [1.807, 2.05) is 42.5 Å². The molecule has 5 rings (SSSR count). The van der Waals surface area contributed by atoms with Crippen molar-refractivity contribution in [2.24, 2.45) is 12.0 Å². The Morgan fingerprint density at radius 1 is 0.944 bits per heavy atom. The van der Waals surface area contributed by atoms with Crippen molar-refractivity contribution in [2.45, 2.75) is 6.92 Å². The van der Waals surface area contributed by atoms with E-state index in [2.05, 4.69) is 9.98 Å². The van der Waals surface area contributed by atoms with Gasteiger partial charge in [-0.25, -0.2) is 9.78 Å². The van der Waals surface area contributed by atoms with Gasteiger partial charge in [0.15, 0.2) is 5.49 Å². The van der Waals surface area contributed by atoms with Crippen LogP contribution in [0.25, 0.3) is 27.8 Å². The Kier molecular flexibility index (Phi) is 6.00. The summed E-state index contributed by atoms with van der Waals surface area (Å²) in [5.74, 6) is -1.22. The summed E-state index contributed by atoms with van der Waals surface area (Å²) in [5, 5.41) is 0.211. The number of hydrogen-bond acceptors (Lipinski definition) is 5. The van der Waals surface area contributed by atoms with Crippen LogP contribution >= 0.6 is 0 Å². The molecule has 8 nitrogen and oxygen atoms in total. The lowest BCUT2D eigenvalue weighted by Gasteiger charge is -2.11. The first-order valence-electron chi connectivity index (χ1n) is 11.4. The Hall–Kier alpha value is -4.85. The maximum atomic E-state index is 13.1. The van der Waals surface area contributed by atoms with E-state index in [1.165, 1.54) is 15.0 Å². The van der Waals surface area contributed by atoms with E-state index in [9.17, 15) is 14.4 Å². The van der Waals surface area contributed by atoms with Crippen LogP contribution < -0.4 is 11.0 Å². The molecule has 36 heavy (non-hydrogen) atoms. The molecule has 5 aromatic rings. The highest BCUT2D eigenvalue weighted by molar-refractivity contribution is 5.97. The summed E-state index contributed by atoms with van der Waals surface area (Å²) in [6.45, 7) is 1.81. The standard InChI is InChI=1S/C28H22N4O4/c1-3-36-28(35)22-17-21-24(29-23-11-7-8-16-32(23)27(21)34)31(2)25(22)30-26(33)20-14-12-19(13-15-20)18-9-5-4-6-10-18/h4-17H,3H2,1-2H3. The van der Waals surface area contributed by atoms with Crippen molar-refractivity contribution in [1.82, 2.24) is 14.0 Å². The number of carbonyl (C=O) groups is 2. The van der Waals surface area contributed by atoms with Gasteiger partial charge in [-0.05, 0) is 48.4 Å². The van der Waals surface area contributed by atoms with Crippen LogP contribution in [0.15, 0.2) is 94.8 Å². The third-order valence-corrected chi connectivity index (χ3v) is 5.86. The number of benzene rings is 2. The van der Waals surface area contributed by atoms with Crippen LogP contribution in [-0.4, -0.2) is 32.4 Å². The highest BCUT2D eigenvalue weighted by Gasteiger charge is 2.19. The van der Waals surface area contributed by atoms with Gasteiger partial charge in [-0.3, -0.25) is 14.0 Å². The van der Waals surface area contributed by atoms with Crippen molar-refractivity contribution >= 4 is 28.6 Å². The lowest BCUT2D eigenvalue weighted by Crippen LogP contribution is -2.31. The van der Waals surface area contributed by atoms with Gasteiger partial charge in [0.25, 0.3) is 11.5 Å². The lowest BCUT2D eigenvalue weighted by molar-refractivity contribution is 0.0523. The van der Waals surface area contributed by atoms with Gasteiger partial charge in [-0.2, -0.15) is 4.99 Å². The van der Waals surface area contributed by atoms with Crippen molar-refractivity contribution < 1.29 is 14.3 Å². The number of carbonyl (C=O) groups excluding carboxylic acids is 2. The SMILES string of the molecule is CCOC(=O)c1cc2c(=O)n3ccccc3nc2n(C)c1=NC(=O)c1ccc(-c2ccccc2)cc1. The zero-order valence-electron chi connectivity index (χ0n) is 19.7. The molecule has 0 aliphatic heterocycles. The summed E-state index contributed by atoms with van der Waals surface area (Å²) >= 11 is 0. The average Bonchev–Trinajstić information content (AvgIpc) is 2.91. The predicted molar refractivity (Wildman–Crippen MR) is 136 cm³/mol. The van der Waals surface area contributed by atoms with Gasteiger partial charge in [0.2, 0.25) is 0 Å². The van der Waals surface area contributed by atoms with Gasteiger partial charge < -0.3 is 9.30 Å². The molecule has 0 radical (unpaired) electrons. The molecule has 0 aliphatic carbocycles. The minimum absolute atomic E-state index is 0.0101. The topological polar surface area (TPSA) is 95.0 Å². The van der Waals surface area contributed by atoms with Crippen molar-refractivity contribution in [2.75, 3.05) is 6.61 Å². The number of ether oxygens (including phenoxy) is 1. The molecule has 3 heterocycles. The fourth-order valence-corrected chi connectivity index (χ4v) is 4.05. The second-order valence-corrected chi connectivity index (χ2v) is 8.10. The van der Waals surface area contributed by atoms with E-state index < -0.39 is 11.9 Å². The minimum atomic E-state index is -0.682. The molecule has 2 aromatic carbocycles. The molecule has 0 fully saturated rings. The third kappa shape index (κ3) is 4.09. The summed E-state index contributed by atoms with van der Waals surface area (Å²) in [6, 6.07) is 23.5. The van der Waals surface area contributed by atoms with Crippen LogP contribution in [0.2, 0.25) is 0 Å². The Labute approximate surface area is 205 Å². The molecule has 0 spiro atoms. The Bertz CT molecular complexity index is 1750. The summed E-state index contributed by atoms with van der Waals surface area (Å²) < 4.78 is 8.07. The number of hydrogen-bond donors (Lipinski definition) is 0. The molecule has 0 aliphatic rings. The molecule has 1 amide bonds. The van der Waals surface area contributed by atoms with E-state index in [1.54, 1.807) is 50.5 Å². The molecule has 8 heteroatoms. The fourth-order valence-electron chi connectivity index (χ4n) is 4.05. The van der Waals surface area contributed by atoms with Crippen molar-refractivity contribution in [3.63, 3.8) is 0 Å². The Morgan fingerprint density at radius 3 is 2.36 bits per heavy atom. The Balaban J connectivity index is 1.68. The third-order valence-electron chi connectivity index (χ3n) is 5.86. The molecule has 0 saturated heterocycles. The monoisotopic (exact) mass is 478 g/mol. The molecular weight excluding hydrogens is 456 g/mol. The van der Waals surface area contributed by atoms with Gasteiger partial charge >= 0.3 is 5.97 Å². The van der Waals surface area contributed by atoms with Gasteiger partial charge in [-0.15, -0.1) is 0 Å². The quantitative estimate of drug-likeness (QED) is 0.290. The molecule has 0 atom stereocenters. The molecule has 0 N–H and O–H groups in total. The number of pyridine rings is 2. The first kappa shape index (κ1) is 22.9. The van der Waals surface area contributed by atoms with Gasteiger partial charge in [0.1, 0.15) is 16.9 Å². The fraction of sp³-hybridized carbons (Fsp3) is 0.107. The van der Waals surface area contributed by atoms with Crippen molar-refractivity contribution in [3.05, 3.63) is 112 Å². The van der Waals surface area contributed by atoms with Gasteiger partial charge in [0.05, 0.1) is 12.0 Å². The second kappa shape index (κ2) is 9.42. The first-order chi connectivity index (χ1) is 17.5. The highest BCUT2D eigenvalue weighted by atomic mass is 16.5. The summed E-state index contributed by atoms with van der Waals surface area (Å²) in [6.07, 6.45) is 1.61. The van der Waals surface area contributed by atoms with E-state index in [4.69, 9.17) is 4.74 Å². The number of aromatic nitrogens is 3. The van der Waals surface area contributed by atoms with E-state index >= 15 is 0 Å². The minimum Gasteiger partial charge on any atom is -0.462 e. The molecule has 0 bridgehead atoms. The van der Waals surface area contributed by atoms with Crippen LogP contribution in [0.4, 0.5) is 0 Å². The number of aryl methyl sites for hydroxylation is 1. The zero-order chi connectivity index (χ0) is 25.2. The highest BCUT2D eigenvalue weighted by Crippen LogP contribution is 2.19. The maximum absolute atomic E-state index is 13.1. The van der Waals surface area contributed by atoms with Crippen molar-refractivity contribution in [3.8, 4) is 11.1 Å². The largest absolute Gasteiger partial charge is 0.462 e. The average molecular weight is 479 g/mol. The zero-order valence-corrected chi connectivity index (χ0v) is 19.7. The summed E-state index contributed by atoms with van der Waals surface area (Å²) in [4.78, 5) is 47.9. The molecular formula is C28H22N4O4. The second-order valence-electron chi connectivity index (χ2n) is 8.10. The number of fused-ring (bicyclic) bond motifs is 2. The number of amides is 1. The normalized spacial score (nSPS) is 11.7. The number of esters is 1. The molecule has 3 aromatic heterocycles. The summed E-state index contributed by atoms with van der Waals surface area (Å²) in [7, 11) is 1.61. The summed E-state index contributed by atoms with van der Waals surface area (Å²) in [5.41, 5.74) is 2.81. The Morgan fingerprint density at radius 2 is 1.64 bits per heavy atom. The van der Waals surface area contributed by atoms with E-state index in [0.717, 1.165) is 11.1 Å². The predicted octanol–water partition coefficient (Wildman–Crippen LogP) is 3.77. The molecule has 0 saturated carbocycles.